The summed E-state index contributed by atoms with van der Waals surface area (Å²) in [6.07, 6.45) is 1.75. The van der Waals surface area contributed by atoms with Crippen LogP contribution in [0.15, 0.2) is 65.4 Å². The number of amides is 1. The lowest BCUT2D eigenvalue weighted by Gasteiger charge is -2.18. The lowest BCUT2D eigenvalue weighted by Crippen LogP contribution is -2.24. The molecule has 4 nitrogen and oxygen atoms in total. The van der Waals surface area contributed by atoms with Crippen molar-refractivity contribution >= 4 is 35.2 Å². The van der Waals surface area contributed by atoms with Crippen LogP contribution in [0.2, 0.25) is 5.02 Å². The third-order valence-electron chi connectivity index (χ3n) is 4.88. The van der Waals surface area contributed by atoms with Crippen LogP contribution in [-0.4, -0.2) is 18.5 Å². The molecule has 1 amide bonds. The molecule has 1 heterocycles. The first kappa shape index (κ1) is 20.9. The van der Waals surface area contributed by atoms with Crippen molar-refractivity contribution in [2.75, 3.05) is 11.5 Å². The number of esters is 1. The third kappa shape index (κ3) is 4.28. The van der Waals surface area contributed by atoms with E-state index >= 15 is 0 Å². The molecule has 0 radical (unpaired) electrons. The van der Waals surface area contributed by atoms with Gasteiger partial charge in [0.15, 0.2) is 0 Å². The lowest BCUT2D eigenvalue weighted by molar-refractivity contribution is -0.138. The molecule has 0 bridgehead atoms. The van der Waals surface area contributed by atoms with Crippen molar-refractivity contribution in [1.29, 1.82) is 0 Å². The Morgan fingerprint density at radius 2 is 1.72 bits per heavy atom. The Morgan fingerprint density at radius 3 is 2.28 bits per heavy atom. The fourth-order valence-electron chi connectivity index (χ4n) is 3.33. The second-order valence-electron chi connectivity index (χ2n) is 7.18. The molecule has 0 spiro atoms. The molecule has 0 N–H and O–H groups in total. The van der Waals surface area contributed by atoms with Gasteiger partial charge in [-0.1, -0.05) is 49.7 Å². The molecule has 5 heteroatoms. The van der Waals surface area contributed by atoms with Crippen molar-refractivity contribution in [2.45, 2.75) is 33.6 Å². The van der Waals surface area contributed by atoms with Crippen LogP contribution in [0.1, 0.15) is 44.7 Å². The summed E-state index contributed by atoms with van der Waals surface area (Å²) >= 11 is 5.98. The molecule has 2 aromatic carbocycles. The summed E-state index contributed by atoms with van der Waals surface area (Å²) in [6, 6.07) is 14.9. The van der Waals surface area contributed by atoms with Crippen molar-refractivity contribution in [3.8, 4) is 0 Å². The Bertz CT molecular complexity index is 986. The summed E-state index contributed by atoms with van der Waals surface area (Å²) in [5.74, 6) is -0.344. The Balaban J connectivity index is 2.07. The van der Waals surface area contributed by atoms with Gasteiger partial charge >= 0.3 is 5.97 Å². The van der Waals surface area contributed by atoms with Gasteiger partial charge in [-0.15, -0.1) is 0 Å². The van der Waals surface area contributed by atoms with Gasteiger partial charge in [0.2, 0.25) is 0 Å². The van der Waals surface area contributed by atoms with Gasteiger partial charge < -0.3 is 4.74 Å². The van der Waals surface area contributed by atoms with Crippen LogP contribution in [-0.2, 0) is 14.3 Å². The molecule has 0 aromatic heterocycles. The summed E-state index contributed by atoms with van der Waals surface area (Å²) in [4.78, 5) is 27.5. The van der Waals surface area contributed by atoms with Crippen LogP contribution in [0.5, 0.6) is 0 Å². The first-order valence-corrected chi connectivity index (χ1v) is 10.0. The first-order chi connectivity index (χ1) is 13.8. The standard InChI is InChI=1S/C24H24ClNO3/c1-5-29-24(28)22-16(4)26(20-12-10-19(25)11-13-20)23(27)21(22)14-17-6-8-18(9-7-17)15(2)3/h6-15H,5H2,1-4H3. The molecule has 0 saturated heterocycles. The second-order valence-corrected chi connectivity index (χ2v) is 7.61. The van der Waals surface area contributed by atoms with Crippen molar-refractivity contribution in [3.63, 3.8) is 0 Å². The van der Waals surface area contributed by atoms with Crippen molar-refractivity contribution in [3.05, 3.63) is 81.5 Å². The lowest BCUT2D eigenvalue weighted by atomic mass is 9.99. The van der Waals surface area contributed by atoms with E-state index in [4.69, 9.17) is 16.3 Å². The molecule has 0 fully saturated rings. The van der Waals surface area contributed by atoms with Crippen LogP contribution in [0.3, 0.4) is 0 Å². The highest BCUT2D eigenvalue weighted by atomic mass is 35.5. The van der Waals surface area contributed by atoms with E-state index in [1.54, 1.807) is 44.2 Å². The average Bonchev–Trinajstić information content (AvgIpc) is 2.93. The molecule has 1 aliphatic rings. The van der Waals surface area contributed by atoms with Crippen molar-refractivity contribution in [2.24, 2.45) is 0 Å². The van der Waals surface area contributed by atoms with E-state index in [-0.39, 0.29) is 12.5 Å². The molecule has 3 rings (SSSR count). The van der Waals surface area contributed by atoms with Crippen molar-refractivity contribution in [1.82, 2.24) is 0 Å². The van der Waals surface area contributed by atoms with Gasteiger partial charge in [0.25, 0.3) is 5.91 Å². The SMILES string of the molecule is CCOC(=O)C1=C(C)N(c2ccc(Cl)cc2)C(=O)C1=Cc1ccc(C(C)C)cc1. The van der Waals surface area contributed by atoms with Gasteiger partial charge in [0.1, 0.15) is 0 Å². The van der Waals surface area contributed by atoms with Crippen LogP contribution in [0.25, 0.3) is 6.08 Å². The van der Waals surface area contributed by atoms with E-state index in [2.05, 4.69) is 13.8 Å². The number of nitrogens with zero attached hydrogens (tertiary/aromatic N) is 1. The molecule has 0 aliphatic carbocycles. The maximum absolute atomic E-state index is 13.3. The number of halogens is 1. The Hall–Kier alpha value is -2.85. The molecular weight excluding hydrogens is 386 g/mol. The zero-order valence-corrected chi connectivity index (χ0v) is 17.8. The second kappa shape index (κ2) is 8.66. The Kier molecular flexibility index (Phi) is 6.23. The number of ether oxygens (including phenoxy) is 1. The predicted octanol–water partition coefficient (Wildman–Crippen LogP) is 5.73. The van der Waals surface area contributed by atoms with Crippen LogP contribution in [0.4, 0.5) is 5.69 Å². The van der Waals surface area contributed by atoms with Gasteiger partial charge in [0, 0.05) is 16.4 Å². The number of rotatable bonds is 5. The molecule has 0 saturated carbocycles. The van der Waals surface area contributed by atoms with E-state index in [0.717, 1.165) is 5.56 Å². The van der Waals surface area contributed by atoms with Gasteiger partial charge in [-0.3, -0.25) is 9.69 Å². The monoisotopic (exact) mass is 409 g/mol. The number of hydrogen-bond acceptors (Lipinski definition) is 3. The minimum Gasteiger partial charge on any atom is -0.462 e. The smallest absolute Gasteiger partial charge is 0.340 e. The highest BCUT2D eigenvalue weighted by Gasteiger charge is 2.38. The fraction of sp³-hybridized carbons (Fsp3) is 0.250. The summed E-state index contributed by atoms with van der Waals surface area (Å²) in [5, 5.41) is 0.577. The van der Waals surface area contributed by atoms with Gasteiger partial charge in [-0.05, 0) is 61.2 Å². The first-order valence-electron chi connectivity index (χ1n) is 9.63. The zero-order chi connectivity index (χ0) is 21.1. The van der Waals surface area contributed by atoms with Crippen LogP contribution < -0.4 is 4.90 Å². The maximum Gasteiger partial charge on any atom is 0.340 e. The molecule has 150 valence electrons. The highest BCUT2D eigenvalue weighted by Crippen LogP contribution is 2.36. The van der Waals surface area contributed by atoms with E-state index in [0.29, 0.717) is 33.5 Å². The number of hydrogen-bond donors (Lipinski definition) is 0. The van der Waals surface area contributed by atoms with Crippen LogP contribution >= 0.6 is 11.6 Å². The number of benzene rings is 2. The highest BCUT2D eigenvalue weighted by molar-refractivity contribution is 6.30. The minimum absolute atomic E-state index is 0.237. The van der Waals surface area contributed by atoms with E-state index in [9.17, 15) is 9.59 Å². The normalized spacial score (nSPS) is 15.6. The number of anilines is 1. The Labute approximate surface area is 176 Å². The largest absolute Gasteiger partial charge is 0.462 e. The average molecular weight is 410 g/mol. The van der Waals surface area contributed by atoms with E-state index in [1.165, 1.54) is 10.5 Å². The Morgan fingerprint density at radius 1 is 1.10 bits per heavy atom. The third-order valence-corrected chi connectivity index (χ3v) is 5.13. The van der Waals surface area contributed by atoms with E-state index in [1.807, 2.05) is 24.3 Å². The summed E-state index contributed by atoms with van der Waals surface area (Å²) < 4.78 is 5.23. The quantitative estimate of drug-likeness (QED) is 0.468. The molecule has 2 aromatic rings. The topological polar surface area (TPSA) is 46.6 Å². The molecule has 0 atom stereocenters. The van der Waals surface area contributed by atoms with Gasteiger partial charge in [-0.2, -0.15) is 0 Å². The summed E-state index contributed by atoms with van der Waals surface area (Å²) in [5.41, 5.74) is 3.88. The maximum atomic E-state index is 13.3. The molecular formula is C24H24ClNO3. The van der Waals surface area contributed by atoms with Gasteiger partial charge in [-0.25, -0.2) is 4.79 Å². The molecule has 0 unspecified atom stereocenters. The predicted molar refractivity (Wildman–Crippen MR) is 117 cm³/mol. The van der Waals surface area contributed by atoms with Crippen molar-refractivity contribution < 1.29 is 14.3 Å². The number of allylic oxidation sites excluding steroid dienone is 1. The molecule has 29 heavy (non-hydrogen) atoms. The molecule has 1 aliphatic heterocycles. The van der Waals surface area contributed by atoms with Gasteiger partial charge in [0.05, 0.1) is 17.8 Å². The number of carbonyl (C=O) groups excluding carboxylic acids is 2. The summed E-state index contributed by atoms with van der Waals surface area (Å²) in [6.45, 7) is 7.99. The summed E-state index contributed by atoms with van der Waals surface area (Å²) in [7, 11) is 0. The van der Waals surface area contributed by atoms with Crippen LogP contribution in [0, 0.1) is 0 Å². The van der Waals surface area contributed by atoms with E-state index < -0.39 is 5.97 Å². The minimum atomic E-state index is -0.500. The number of carbonyl (C=O) groups is 2. The zero-order valence-electron chi connectivity index (χ0n) is 17.0. The fourth-order valence-corrected chi connectivity index (χ4v) is 3.45.